The van der Waals surface area contributed by atoms with Crippen molar-refractivity contribution in [1.82, 2.24) is 14.5 Å². The van der Waals surface area contributed by atoms with Gasteiger partial charge in [-0.05, 0) is 30.8 Å². The lowest BCUT2D eigenvalue weighted by Crippen LogP contribution is -2.42. The van der Waals surface area contributed by atoms with Crippen molar-refractivity contribution in [1.29, 1.82) is 0 Å². The molecule has 3 heterocycles. The number of hydrogen-bond acceptors (Lipinski definition) is 5. The van der Waals surface area contributed by atoms with Crippen LogP contribution in [0.4, 0.5) is 0 Å². The normalized spacial score (nSPS) is 23.4. The van der Waals surface area contributed by atoms with Crippen molar-refractivity contribution in [2.45, 2.75) is 25.6 Å². The molecule has 3 rings (SSSR count). The smallest absolute Gasteiger partial charge is 0.154 e. The highest BCUT2D eigenvalue weighted by molar-refractivity contribution is 7.91. The van der Waals surface area contributed by atoms with Crippen LogP contribution in [0.25, 0.3) is 5.82 Å². The Morgan fingerprint density at radius 2 is 2.13 bits per heavy atom. The van der Waals surface area contributed by atoms with E-state index in [0.717, 1.165) is 11.5 Å². The van der Waals surface area contributed by atoms with E-state index in [1.54, 1.807) is 6.20 Å². The average Bonchev–Trinajstić information content (AvgIpc) is 3.09. The standard InChI is InChI=1S/C16H21N3O3S/c1-2-18(14-11-23(21,22)12-15(14)20)10-13-6-5-9-19(13)16-7-3-4-8-17-16/h3-9,14-15,20H,2,10-12H2,1H3/t14-,15-/m1/s1. The Bertz CT molecular complexity index is 758. The molecule has 23 heavy (non-hydrogen) atoms. The molecule has 1 saturated heterocycles. The predicted octanol–water partition coefficient (Wildman–Crippen LogP) is 0.852. The molecule has 1 fully saturated rings. The molecule has 0 unspecified atom stereocenters. The van der Waals surface area contributed by atoms with Gasteiger partial charge in [0.05, 0.1) is 23.7 Å². The zero-order valence-electron chi connectivity index (χ0n) is 13.0. The lowest BCUT2D eigenvalue weighted by atomic mass is 10.1. The zero-order valence-corrected chi connectivity index (χ0v) is 13.9. The van der Waals surface area contributed by atoms with Gasteiger partial charge in [-0.25, -0.2) is 13.4 Å². The van der Waals surface area contributed by atoms with Gasteiger partial charge in [-0.3, -0.25) is 4.90 Å². The fraction of sp³-hybridized carbons (Fsp3) is 0.438. The minimum atomic E-state index is -3.15. The van der Waals surface area contributed by atoms with E-state index in [4.69, 9.17) is 0 Å². The molecule has 0 spiro atoms. The first-order chi connectivity index (χ1) is 11.0. The molecule has 2 aromatic heterocycles. The summed E-state index contributed by atoms with van der Waals surface area (Å²) in [6.45, 7) is 3.22. The molecule has 1 N–H and O–H groups in total. The Labute approximate surface area is 136 Å². The van der Waals surface area contributed by atoms with Gasteiger partial charge in [0, 0.05) is 24.6 Å². The molecule has 0 aromatic carbocycles. The largest absolute Gasteiger partial charge is 0.390 e. The highest BCUT2D eigenvalue weighted by Crippen LogP contribution is 2.21. The average molecular weight is 335 g/mol. The van der Waals surface area contributed by atoms with Gasteiger partial charge in [0.2, 0.25) is 0 Å². The number of hydrogen-bond donors (Lipinski definition) is 1. The molecule has 7 heteroatoms. The summed E-state index contributed by atoms with van der Waals surface area (Å²) in [4.78, 5) is 6.37. The molecule has 6 nitrogen and oxygen atoms in total. The lowest BCUT2D eigenvalue weighted by molar-refractivity contribution is 0.0808. The Hall–Kier alpha value is -1.70. The summed E-state index contributed by atoms with van der Waals surface area (Å²) in [6, 6.07) is 9.31. The van der Waals surface area contributed by atoms with Crippen LogP contribution < -0.4 is 0 Å². The van der Waals surface area contributed by atoms with Crippen LogP contribution in [0.2, 0.25) is 0 Å². The first-order valence-corrected chi connectivity index (χ1v) is 9.52. The molecule has 0 bridgehead atoms. The fourth-order valence-corrected chi connectivity index (χ4v) is 4.93. The van der Waals surface area contributed by atoms with E-state index >= 15 is 0 Å². The van der Waals surface area contributed by atoms with Crippen LogP contribution in [0, 0.1) is 0 Å². The summed E-state index contributed by atoms with van der Waals surface area (Å²) in [5.74, 6) is 0.699. The Morgan fingerprint density at radius 1 is 1.30 bits per heavy atom. The number of aliphatic hydroxyl groups excluding tert-OH is 1. The van der Waals surface area contributed by atoms with Crippen molar-refractivity contribution in [3.63, 3.8) is 0 Å². The maximum absolute atomic E-state index is 11.8. The van der Waals surface area contributed by atoms with E-state index in [9.17, 15) is 13.5 Å². The molecule has 1 aliphatic rings. The molecule has 0 aliphatic carbocycles. The maximum Gasteiger partial charge on any atom is 0.154 e. The number of aliphatic hydroxyl groups is 1. The van der Waals surface area contributed by atoms with Crippen LogP contribution in [0.3, 0.4) is 0 Å². The zero-order chi connectivity index (χ0) is 16.4. The van der Waals surface area contributed by atoms with Gasteiger partial charge in [0.15, 0.2) is 9.84 Å². The lowest BCUT2D eigenvalue weighted by Gasteiger charge is -2.29. The second-order valence-corrected chi connectivity index (χ2v) is 7.99. The van der Waals surface area contributed by atoms with Crippen LogP contribution in [-0.4, -0.2) is 58.2 Å². The number of pyridine rings is 1. The molecule has 2 atom stereocenters. The summed E-state index contributed by atoms with van der Waals surface area (Å²) in [5, 5.41) is 10.1. The second kappa shape index (κ2) is 6.43. The van der Waals surface area contributed by atoms with Crippen molar-refractivity contribution in [3.8, 4) is 5.82 Å². The van der Waals surface area contributed by atoms with Crippen molar-refractivity contribution >= 4 is 9.84 Å². The van der Waals surface area contributed by atoms with E-state index in [1.165, 1.54) is 0 Å². The molecular weight excluding hydrogens is 314 g/mol. The maximum atomic E-state index is 11.8. The second-order valence-electron chi connectivity index (χ2n) is 5.83. The quantitative estimate of drug-likeness (QED) is 0.877. The van der Waals surface area contributed by atoms with E-state index in [1.807, 2.05) is 52.9 Å². The van der Waals surface area contributed by atoms with Gasteiger partial charge in [0.25, 0.3) is 0 Å². The third kappa shape index (κ3) is 3.46. The fourth-order valence-electron chi connectivity index (χ4n) is 3.10. The Morgan fingerprint density at radius 3 is 2.74 bits per heavy atom. The molecule has 2 aromatic rings. The number of rotatable bonds is 5. The number of likely N-dealkylation sites (N-methyl/N-ethyl adjacent to an activating group) is 1. The minimum absolute atomic E-state index is 0.0201. The Balaban J connectivity index is 1.83. The summed E-state index contributed by atoms with van der Waals surface area (Å²) in [6.07, 6.45) is 2.86. The van der Waals surface area contributed by atoms with Crippen LogP contribution in [0.15, 0.2) is 42.7 Å². The van der Waals surface area contributed by atoms with Crippen molar-refractivity contribution in [3.05, 3.63) is 48.4 Å². The number of aromatic nitrogens is 2. The number of sulfone groups is 1. The molecule has 0 amide bonds. The predicted molar refractivity (Wildman–Crippen MR) is 88.1 cm³/mol. The van der Waals surface area contributed by atoms with E-state index < -0.39 is 15.9 Å². The van der Waals surface area contributed by atoms with E-state index in [0.29, 0.717) is 13.1 Å². The van der Waals surface area contributed by atoms with Gasteiger partial charge in [-0.1, -0.05) is 13.0 Å². The minimum Gasteiger partial charge on any atom is -0.390 e. The van der Waals surface area contributed by atoms with Crippen molar-refractivity contribution in [2.75, 3.05) is 18.1 Å². The van der Waals surface area contributed by atoms with Crippen LogP contribution in [0.1, 0.15) is 12.6 Å². The molecule has 0 saturated carbocycles. The topological polar surface area (TPSA) is 75.4 Å². The highest BCUT2D eigenvalue weighted by atomic mass is 32.2. The molecule has 0 radical (unpaired) electrons. The SMILES string of the molecule is CCN(Cc1cccn1-c1ccccn1)[C@@H]1CS(=O)(=O)C[C@H]1O. The molecular formula is C16H21N3O3S. The van der Waals surface area contributed by atoms with Gasteiger partial charge >= 0.3 is 0 Å². The van der Waals surface area contributed by atoms with Gasteiger partial charge in [0.1, 0.15) is 5.82 Å². The molecule has 124 valence electrons. The van der Waals surface area contributed by atoms with Crippen molar-refractivity contribution < 1.29 is 13.5 Å². The highest BCUT2D eigenvalue weighted by Gasteiger charge is 2.39. The Kier molecular flexibility index (Phi) is 4.52. The summed E-state index contributed by atoms with van der Waals surface area (Å²) < 4.78 is 25.5. The first-order valence-electron chi connectivity index (χ1n) is 7.70. The van der Waals surface area contributed by atoms with Crippen LogP contribution in [-0.2, 0) is 16.4 Å². The first kappa shape index (κ1) is 16.2. The summed E-state index contributed by atoms with van der Waals surface area (Å²) in [7, 11) is -3.15. The van der Waals surface area contributed by atoms with Crippen molar-refractivity contribution in [2.24, 2.45) is 0 Å². The third-order valence-corrected chi connectivity index (χ3v) is 5.96. The summed E-state index contributed by atoms with van der Waals surface area (Å²) >= 11 is 0. The van der Waals surface area contributed by atoms with Gasteiger partial charge < -0.3 is 9.67 Å². The third-order valence-electron chi connectivity index (χ3n) is 4.26. The van der Waals surface area contributed by atoms with Gasteiger partial charge in [-0.2, -0.15) is 0 Å². The van der Waals surface area contributed by atoms with E-state index in [-0.39, 0.29) is 17.5 Å². The van der Waals surface area contributed by atoms with Crippen LogP contribution in [0.5, 0.6) is 0 Å². The number of nitrogens with zero attached hydrogens (tertiary/aromatic N) is 3. The monoisotopic (exact) mass is 335 g/mol. The van der Waals surface area contributed by atoms with Crippen LogP contribution >= 0.6 is 0 Å². The van der Waals surface area contributed by atoms with E-state index in [2.05, 4.69) is 4.98 Å². The summed E-state index contributed by atoms with van der Waals surface area (Å²) in [5.41, 5.74) is 1.02. The van der Waals surface area contributed by atoms with Gasteiger partial charge in [-0.15, -0.1) is 0 Å². The molecule has 1 aliphatic heterocycles.